The Bertz CT molecular complexity index is 1390. The summed E-state index contributed by atoms with van der Waals surface area (Å²) in [4.78, 5) is 9.26. The molecule has 0 spiro atoms. The second-order valence-electron chi connectivity index (χ2n) is 8.56. The number of hydrogen-bond donors (Lipinski definition) is 0. The van der Waals surface area contributed by atoms with Gasteiger partial charge in [-0.1, -0.05) is 60.7 Å². The highest BCUT2D eigenvalue weighted by molar-refractivity contribution is 5.91. The fraction of sp³-hybridized carbons (Fsp3) is 0.0667. The summed E-state index contributed by atoms with van der Waals surface area (Å²) < 4.78 is 0. The number of pyridine rings is 2. The molecule has 32 heavy (non-hydrogen) atoms. The van der Waals surface area contributed by atoms with Crippen LogP contribution in [0.1, 0.15) is 22.3 Å². The average Bonchev–Trinajstić information content (AvgIpc) is 3.43. The van der Waals surface area contributed by atoms with Crippen LogP contribution in [0.5, 0.6) is 0 Å². The first-order chi connectivity index (χ1) is 15.9. The molecule has 2 aromatic heterocycles. The molecule has 0 saturated heterocycles. The number of benzene rings is 3. The van der Waals surface area contributed by atoms with Crippen molar-refractivity contribution in [3.63, 3.8) is 0 Å². The normalized spacial score (nSPS) is 12.8. The third-order valence-electron chi connectivity index (χ3n) is 6.95. The van der Waals surface area contributed by atoms with E-state index in [1.165, 1.54) is 55.6 Å². The first-order valence-electron chi connectivity index (χ1n) is 11.1. The zero-order valence-corrected chi connectivity index (χ0v) is 17.5. The molecule has 0 bridgehead atoms. The summed E-state index contributed by atoms with van der Waals surface area (Å²) in [6.45, 7) is 0. The lowest BCUT2D eigenvalue weighted by atomic mass is 9.96. The van der Waals surface area contributed by atoms with E-state index in [4.69, 9.17) is 0 Å². The van der Waals surface area contributed by atoms with E-state index in [1.807, 2.05) is 24.5 Å². The predicted octanol–water partition coefficient (Wildman–Crippen LogP) is 6.95. The highest BCUT2D eigenvalue weighted by Crippen LogP contribution is 2.49. The van der Waals surface area contributed by atoms with Crippen LogP contribution in [0, 0.1) is 0 Å². The van der Waals surface area contributed by atoms with E-state index >= 15 is 0 Å². The number of rotatable bonds is 2. The minimum atomic E-state index is 0.966. The van der Waals surface area contributed by atoms with E-state index in [0.717, 1.165) is 24.2 Å². The third-order valence-corrected chi connectivity index (χ3v) is 6.95. The monoisotopic (exact) mass is 408 g/mol. The van der Waals surface area contributed by atoms with Gasteiger partial charge in [-0.05, 0) is 81.6 Å². The van der Waals surface area contributed by atoms with Crippen LogP contribution >= 0.6 is 0 Å². The van der Waals surface area contributed by atoms with Gasteiger partial charge in [0.05, 0.1) is 11.4 Å². The fourth-order valence-electron chi connectivity index (χ4n) is 5.54. The van der Waals surface area contributed by atoms with Gasteiger partial charge in [0.25, 0.3) is 0 Å². The van der Waals surface area contributed by atoms with Crippen molar-refractivity contribution >= 4 is 0 Å². The number of fused-ring (bicyclic) bond motifs is 7. The molecule has 2 heteroatoms. The lowest BCUT2D eigenvalue weighted by Crippen LogP contribution is -1.93. The summed E-state index contributed by atoms with van der Waals surface area (Å²) in [6.07, 6.45) is 5.69. The van der Waals surface area contributed by atoms with Crippen LogP contribution in [0.2, 0.25) is 0 Å². The van der Waals surface area contributed by atoms with E-state index in [1.54, 1.807) is 0 Å². The topological polar surface area (TPSA) is 25.8 Å². The Hall–Kier alpha value is -4.04. The summed E-state index contributed by atoms with van der Waals surface area (Å²) in [7, 11) is 0. The van der Waals surface area contributed by atoms with Crippen molar-refractivity contribution in [2.75, 3.05) is 0 Å². The van der Waals surface area contributed by atoms with Crippen LogP contribution in [-0.2, 0) is 12.8 Å². The summed E-state index contributed by atoms with van der Waals surface area (Å²) >= 11 is 0. The van der Waals surface area contributed by atoms with Crippen molar-refractivity contribution in [2.45, 2.75) is 12.8 Å². The lowest BCUT2D eigenvalue weighted by Gasteiger charge is -2.08. The van der Waals surface area contributed by atoms with Crippen LogP contribution in [0.4, 0.5) is 0 Å². The Kier molecular flexibility index (Phi) is 3.71. The molecule has 2 heterocycles. The highest BCUT2D eigenvalue weighted by Gasteiger charge is 2.30. The van der Waals surface area contributed by atoms with Gasteiger partial charge in [0.1, 0.15) is 0 Å². The standard InChI is InChI=1S/C30H20N2/c1-3-15-31-29(11-1)23-9-5-7-19-21-13-14-22-20-8-6-10-24(30-12-2-4-16-32-30)26(20)18-28(22)27(21)17-25(19)23/h1-16H,17-18H2. The van der Waals surface area contributed by atoms with Gasteiger partial charge in [0, 0.05) is 23.5 Å². The van der Waals surface area contributed by atoms with Crippen LogP contribution in [0.15, 0.2) is 97.3 Å². The first kappa shape index (κ1) is 17.6. The van der Waals surface area contributed by atoms with Gasteiger partial charge in [-0.25, -0.2) is 0 Å². The molecule has 2 aliphatic rings. The molecule has 0 N–H and O–H groups in total. The second kappa shape index (κ2) is 6.73. The van der Waals surface area contributed by atoms with Gasteiger partial charge in [-0.2, -0.15) is 0 Å². The van der Waals surface area contributed by atoms with Crippen LogP contribution < -0.4 is 0 Å². The highest BCUT2D eigenvalue weighted by atomic mass is 14.7. The van der Waals surface area contributed by atoms with Crippen molar-refractivity contribution in [1.82, 2.24) is 9.97 Å². The van der Waals surface area contributed by atoms with Crippen molar-refractivity contribution in [2.24, 2.45) is 0 Å². The van der Waals surface area contributed by atoms with E-state index in [2.05, 4.69) is 82.8 Å². The van der Waals surface area contributed by atoms with Gasteiger partial charge in [-0.3, -0.25) is 9.97 Å². The molecule has 7 rings (SSSR count). The van der Waals surface area contributed by atoms with E-state index < -0.39 is 0 Å². The minimum Gasteiger partial charge on any atom is -0.256 e. The predicted molar refractivity (Wildman–Crippen MR) is 129 cm³/mol. The summed E-state index contributed by atoms with van der Waals surface area (Å²) in [5.74, 6) is 0. The average molecular weight is 409 g/mol. The minimum absolute atomic E-state index is 0.966. The zero-order valence-electron chi connectivity index (χ0n) is 17.5. The van der Waals surface area contributed by atoms with Crippen molar-refractivity contribution in [1.29, 1.82) is 0 Å². The molecule has 3 aromatic carbocycles. The first-order valence-corrected chi connectivity index (χ1v) is 11.1. The Morgan fingerprint density at radius 1 is 0.375 bits per heavy atom. The summed E-state index contributed by atoms with van der Waals surface area (Å²) in [6, 6.07) is 30.2. The van der Waals surface area contributed by atoms with Crippen molar-refractivity contribution in [3.8, 4) is 44.8 Å². The molecular weight excluding hydrogens is 388 g/mol. The third kappa shape index (κ3) is 2.47. The molecule has 5 aromatic rings. The molecule has 0 saturated carbocycles. The summed E-state index contributed by atoms with van der Waals surface area (Å²) in [5.41, 5.74) is 15.8. The molecule has 0 fully saturated rings. The smallest absolute Gasteiger partial charge is 0.0705 e. The maximum absolute atomic E-state index is 4.63. The molecule has 0 aliphatic heterocycles. The molecule has 0 amide bonds. The molecule has 2 aliphatic carbocycles. The molecular formula is C30H20N2. The fourth-order valence-corrected chi connectivity index (χ4v) is 5.54. The molecule has 150 valence electrons. The van der Waals surface area contributed by atoms with Crippen LogP contribution in [0.25, 0.3) is 44.8 Å². The molecule has 0 atom stereocenters. The number of aromatic nitrogens is 2. The molecule has 0 radical (unpaired) electrons. The second-order valence-corrected chi connectivity index (χ2v) is 8.56. The van der Waals surface area contributed by atoms with E-state index in [-0.39, 0.29) is 0 Å². The molecule has 2 nitrogen and oxygen atoms in total. The molecule has 0 unspecified atom stereocenters. The van der Waals surface area contributed by atoms with Crippen LogP contribution in [0.3, 0.4) is 0 Å². The van der Waals surface area contributed by atoms with Gasteiger partial charge >= 0.3 is 0 Å². The number of hydrogen-bond acceptors (Lipinski definition) is 2. The van der Waals surface area contributed by atoms with Gasteiger partial charge in [0.2, 0.25) is 0 Å². The maximum Gasteiger partial charge on any atom is 0.0705 e. The van der Waals surface area contributed by atoms with Gasteiger partial charge in [0.15, 0.2) is 0 Å². The van der Waals surface area contributed by atoms with Gasteiger partial charge in [-0.15, -0.1) is 0 Å². The van der Waals surface area contributed by atoms with Crippen LogP contribution in [-0.4, -0.2) is 9.97 Å². The quantitative estimate of drug-likeness (QED) is 0.309. The van der Waals surface area contributed by atoms with Crippen molar-refractivity contribution < 1.29 is 0 Å². The van der Waals surface area contributed by atoms with Crippen molar-refractivity contribution in [3.05, 3.63) is 120 Å². The largest absolute Gasteiger partial charge is 0.256 e. The Balaban J connectivity index is 1.37. The Morgan fingerprint density at radius 3 is 1.25 bits per heavy atom. The Morgan fingerprint density at radius 2 is 0.812 bits per heavy atom. The van der Waals surface area contributed by atoms with E-state index in [9.17, 15) is 0 Å². The lowest BCUT2D eigenvalue weighted by molar-refractivity contribution is 1.16. The van der Waals surface area contributed by atoms with Gasteiger partial charge < -0.3 is 0 Å². The SMILES string of the molecule is c1ccc(-c2cccc3c2Cc2c-3ccc3c2Cc2c(-c4ccccn4)cccc2-3)nc1. The maximum atomic E-state index is 4.63. The number of nitrogens with zero attached hydrogens (tertiary/aromatic N) is 2. The van der Waals surface area contributed by atoms with E-state index in [0.29, 0.717) is 0 Å². The zero-order chi connectivity index (χ0) is 21.1. The summed E-state index contributed by atoms with van der Waals surface area (Å²) in [5, 5.41) is 0. The Labute approximate surface area is 187 Å².